The summed E-state index contributed by atoms with van der Waals surface area (Å²) in [5.41, 5.74) is 24.4. The smallest absolute Gasteiger partial charge is 0.399 e. The maximum absolute atomic E-state index is 14.0. The Morgan fingerprint density at radius 2 is 0.802 bits per heavy atom. The Morgan fingerprint density at radius 3 is 1.17 bits per heavy atom. The van der Waals surface area contributed by atoms with Crippen molar-refractivity contribution in [2.45, 2.75) is 110 Å². The number of rotatable bonds is 16. The van der Waals surface area contributed by atoms with Gasteiger partial charge in [-0.2, -0.15) is 52.7 Å². The molecular weight excluding hydrogens is 1870 g/mol. The third-order valence-corrected chi connectivity index (χ3v) is 19.2. The molecule has 708 valence electrons. The Labute approximate surface area is 751 Å². The molecular formula is C83H80ClF20N13O11S3. The minimum Gasteiger partial charge on any atom is -0.399 e. The number of benzene rings is 8. The van der Waals surface area contributed by atoms with Crippen LogP contribution < -0.4 is 49.9 Å². The van der Waals surface area contributed by atoms with E-state index in [-0.39, 0.29) is 108 Å². The van der Waals surface area contributed by atoms with Gasteiger partial charge in [0, 0.05) is 85.8 Å². The van der Waals surface area contributed by atoms with E-state index in [0.29, 0.717) is 45.6 Å². The van der Waals surface area contributed by atoms with Gasteiger partial charge >= 0.3 is 48.3 Å². The molecule has 2 heterocycles. The summed E-state index contributed by atoms with van der Waals surface area (Å²) in [6, 6.07) is 29.0. The largest absolute Gasteiger partial charge is 0.471 e. The predicted octanol–water partition coefficient (Wildman–Crippen LogP) is 19.7. The van der Waals surface area contributed by atoms with E-state index in [1.54, 1.807) is 60.1 Å². The van der Waals surface area contributed by atoms with Crippen LogP contribution in [0.5, 0.6) is 0 Å². The highest BCUT2D eigenvalue weighted by Crippen LogP contribution is 2.40. The Kier molecular flexibility index (Phi) is 43.4. The first-order valence-corrected chi connectivity index (χ1v) is 39.3. The molecule has 0 bridgehead atoms. The fourth-order valence-corrected chi connectivity index (χ4v) is 12.7. The molecule has 0 saturated carbocycles. The summed E-state index contributed by atoms with van der Waals surface area (Å²) in [6.45, 7) is 14.5. The van der Waals surface area contributed by atoms with Gasteiger partial charge in [-0.25, -0.2) is 35.1 Å². The van der Waals surface area contributed by atoms with Crippen LogP contribution in [0.25, 0.3) is 5.57 Å². The van der Waals surface area contributed by atoms with Crippen LogP contribution in [0, 0.1) is 62.1 Å². The average Bonchev–Trinajstić information content (AvgIpc) is 0.784. The first-order valence-electron chi connectivity index (χ1n) is 36.4. The Bertz CT molecular complexity index is 5610. The van der Waals surface area contributed by atoms with Gasteiger partial charge in [-0.15, -0.1) is 12.4 Å². The summed E-state index contributed by atoms with van der Waals surface area (Å²) in [5, 5.41) is 34.3. The number of allylic oxidation sites excluding steroid dienone is 1. The number of Topliss-reactive ketones (excluding diaryl/α,β-unsaturated/α-hetero) is 4. The van der Waals surface area contributed by atoms with Gasteiger partial charge in [0.15, 0.2) is 38.6 Å². The summed E-state index contributed by atoms with van der Waals surface area (Å²) in [6.07, 6.45) is -16.3. The van der Waals surface area contributed by atoms with E-state index in [0.717, 1.165) is 135 Å². The number of carbonyl (C=O) groups is 8. The third-order valence-electron chi connectivity index (χ3n) is 17.0. The zero-order valence-corrected chi connectivity index (χ0v) is 72.5. The molecule has 16 N–H and O–H groups in total. The molecule has 0 radical (unpaired) electrons. The number of aliphatic hydroxyl groups is 1. The van der Waals surface area contributed by atoms with Crippen LogP contribution in [0.1, 0.15) is 132 Å². The number of nitrogens with one attached hydrogen (secondary N) is 5. The summed E-state index contributed by atoms with van der Waals surface area (Å²) in [7, 11) is 0. The number of anilines is 6. The molecule has 8 aromatic carbocycles. The number of aliphatic imine (C=N–C) groups is 2. The van der Waals surface area contributed by atoms with Crippen molar-refractivity contribution < 1.29 is 136 Å². The molecule has 4 amide bonds. The lowest BCUT2D eigenvalue weighted by Crippen LogP contribution is -2.31. The fraction of sp³-hybridized carbons (Fsp3) is 0.241. The van der Waals surface area contributed by atoms with Crippen molar-refractivity contribution in [1.29, 1.82) is 5.41 Å². The fourth-order valence-electron chi connectivity index (χ4n) is 10.2. The normalized spacial score (nSPS) is 14.9. The van der Waals surface area contributed by atoms with E-state index in [2.05, 4.69) is 16.6 Å². The second-order valence-electron chi connectivity index (χ2n) is 27.2. The topological polar surface area (TPSA) is 427 Å². The number of hydrogen-bond donors (Lipinski definition) is 11. The number of amides is 4. The molecule has 0 aliphatic carbocycles. The number of hydrogen-bond acceptors (Lipinski definition) is 21. The van der Waals surface area contributed by atoms with Crippen LogP contribution in [-0.2, 0) is 35.9 Å². The number of amidine groups is 3. The Hall–Kier alpha value is -12.9. The Balaban J connectivity index is 0.000000512. The molecule has 131 heavy (non-hydrogen) atoms. The van der Waals surface area contributed by atoms with Gasteiger partial charge in [-0.3, -0.25) is 63.9 Å². The number of ketones is 4. The van der Waals surface area contributed by atoms with Gasteiger partial charge in [0.1, 0.15) is 52.1 Å². The second kappa shape index (κ2) is 49.8. The van der Waals surface area contributed by atoms with Crippen molar-refractivity contribution >= 4 is 155 Å². The monoisotopic (exact) mass is 1950 g/mol. The predicted molar refractivity (Wildman–Crippen MR) is 463 cm³/mol. The number of nitrogens with zero attached hydrogens (tertiary/aromatic N) is 3. The first kappa shape index (κ1) is 114. The van der Waals surface area contributed by atoms with Gasteiger partial charge in [0.25, 0.3) is 5.69 Å². The number of nitro groups is 1. The van der Waals surface area contributed by atoms with E-state index in [1.807, 2.05) is 6.92 Å². The van der Waals surface area contributed by atoms with Crippen molar-refractivity contribution in [3.05, 3.63) is 272 Å². The number of alkyl halides is 12. The van der Waals surface area contributed by atoms with Crippen molar-refractivity contribution in [2.24, 2.45) is 27.2 Å². The van der Waals surface area contributed by atoms with Crippen molar-refractivity contribution in [2.75, 3.05) is 50.0 Å². The van der Waals surface area contributed by atoms with Crippen molar-refractivity contribution in [1.82, 2.24) is 0 Å². The first-order chi connectivity index (χ1) is 59.9. The van der Waals surface area contributed by atoms with Gasteiger partial charge < -0.3 is 55.0 Å². The number of nitrogen functional groups attached to an aromatic ring is 2. The van der Waals surface area contributed by atoms with Gasteiger partial charge in [-0.05, 0) is 201 Å². The number of nitro benzene ring substituents is 1. The minimum absolute atomic E-state index is 0. The highest BCUT2D eigenvalue weighted by molar-refractivity contribution is 8.14. The molecule has 48 heteroatoms. The summed E-state index contributed by atoms with van der Waals surface area (Å²) in [4.78, 5) is 104. The van der Waals surface area contributed by atoms with Gasteiger partial charge in [0.2, 0.25) is 0 Å². The van der Waals surface area contributed by atoms with Crippen LogP contribution in [0.4, 0.5) is 128 Å². The van der Waals surface area contributed by atoms with Gasteiger partial charge in [-0.1, -0.05) is 66.1 Å². The van der Waals surface area contributed by atoms with Crippen molar-refractivity contribution in [3.63, 3.8) is 0 Å². The third kappa shape index (κ3) is 37.2. The van der Waals surface area contributed by atoms with Crippen LogP contribution in [0.3, 0.4) is 0 Å². The minimum atomic E-state index is -5.05. The number of nitrogens with two attached hydrogens (primary N) is 5. The molecule has 3 atom stereocenters. The van der Waals surface area contributed by atoms with E-state index in [4.69, 9.17) is 34.1 Å². The molecule has 2 aliphatic rings. The number of halogens is 21. The Morgan fingerprint density at radius 1 is 0.481 bits per heavy atom. The number of carbonyl (C=O) groups excluding carboxylic acids is 8. The SMILES string of the molecule is C/C(=C\CSC(=N)N)c1cc(NC(=O)C(F)(F)F)ccc1F.C=CC(C)(O)c1cc(NC(=O)C(F)(F)F)ccc1F.CC(=O)c1cc(N)ccc1F.CC(=O)c1cc(NC(=O)C(F)(F)F)ccc1F.CC(=O)c1cc([N+](=O)[O-])ccc1F.CC(=O)c1ccccc1F.CC1(c2cc(N)ccc2F)CCSC(N)=N1.CC1(c2cc(NC(=O)C(F)(F)F)ccc2F)CCSC(N)=N1.Cl. The zero-order chi connectivity index (χ0) is 99.3. The molecule has 0 spiro atoms. The molecule has 0 saturated heterocycles. The maximum atomic E-state index is 14.0. The molecule has 3 unspecified atom stereocenters. The van der Waals surface area contributed by atoms with Crippen molar-refractivity contribution in [3.8, 4) is 0 Å². The average molecular weight is 1950 g/mol. The molecule has 2 aliphatic heterocycles. The lowest BCUT2D eigenvalue weighted by atomic mass is 9.89. The zero-order valence-electron chi connectivity index (χ0n) is 69.3. The van der Waals surface area contributed by atoms with Crippen LogP contribution in [0.2, 0.25) is 0 Å². The molecule has 24 nitrogen and oxygen atoms in total. The van der Waals surface area contributed by atoms with E-state index < -0.39 is 122 Å². The highest BCUT2D eigenvalue weighted by atomic mass is 35.5. The van der Waals surface area contributed by atoms with Crippen LogP contribution >= 0.6 is 47.7 Å². The molecule has 0 aromatic heterocycles. The molecule has 10 rings (SSSR count). The molecule has 8 aromatic rings. The van der Waals surface area contributed by atoms with E-state index in [1.165, 1.54) is 86.0 Å². The summed E-state index contributed by atoms with van der Waals surface area (Å²) >= 11 is 3.85. The van der Waals surface area contributed by atoms with Gasteiger partial charge in [0.05, 0.1) is 38.3 Å². The lowest BCUT2D eigenvalue weighted by molar-refractivity contribution is -0.384. The number of thioether (sulfide) groups is 3. The van der Waals surface area contributed by atoms with Crippen LogP contribution in [0.15, 0.2) is 180 Å². The quantitative estimate of drug-likeness (QED) is 0.00625. The standard InChI is InChI=1S/2C13H13F4N3OS.C12H11F4NO2.C11H14FN3S.C10H7F4NO2.C8H6FNO3.C8H8FNO.C8H7FO.ClH/c1-12(4-5-22-11(18)20-12)8-6-7(2-3-9(8)14)19-10(21)13(15,16)17;1-7(4-5-22-12(18)19)9-6-8(2-3-10(9)14)20-11(21)13(15,16)17;1-3-11(2,19)8-6-7(4-5-9(8)13)17-10(18)12(14,15)16;1-11(4-5-16-10(14)15-11)8-6-7(13)2-3-9(8)12;1-5(16)7-4-6(2-3-8(7)11)15-9(17)10(12,13)14;1-5(11)7-4-6(10(12)13)2-3-8(7)9;1-5(11)7-4-6(10)2-3-8(7)9;1-6(10)7-4-2-3-5-8(7)9;/h2-3,6H,4-5H2,1H3,(H2,18,20)(H,19,21);2-4,6H,5H2,1H3,(H3,18,19)(H,20,21);3-6,19H,1H2,2H3,(H,17,18);2-3,6H,4-5,13H2,1H3,(H2,14,15);2-4H,1H3,(H,15,17);2-4H,1H3;2-4H,10H2,1H3;2-5H,1H3;1H/b;7-4+;;;;;;;. The number of non-ortho nitro benzene ring substituents is 1. The summed E-state index contributed by atoms with van der Waals surface area (Å²) < 4.78 is 252. The van der Waals surface area contributed by atoms with E-state index in [9.17, 15) is 141 Å². The second-order valence-corrected chi connectivity index (χ2v) is 30.5. The highest BCUT2D eigenvalue weighted by Gasteiger charge is 2.43. The lowest BCUT2D eigenvalue weighted by Gasteiger charge is -2.30. The molecule has 0 fully saturated rings. The van der Waals surface area contributed by atoms with Crippen LogP contribution in [-0.4, -0.2) is 114 Å². The summed E-state index contributed by atoms with van der Waals surface area (Å²) in [5.74, 6) is -13.5. The maximum Gasteiger partial charge on any atom is 0.471 e. The van der Waals surface area contributed by atoms with E-state index >= 15 is 0 Å².